The lowest BCUT2D eigenvalue weighted by Gasteiger charge is -2.29. The lowest BCUT2D eigenvalue weighted by Crippen LogP contribution is -2.44. The molecule has 1 saturated heterocycles. The van der Waals surface area contributed by atoms with E-state index in [0.717, 1.165) is 24.1 Å². The lowest BCUT2D eigenvalue weighted by atomic mass is 10.0. The van der Waals surface area contributed by atoms with Gasteiger partial charge in [-0.15, -0.1) is 0 Å². The summed E-state index contributed by atoms with van der Waals surface area (Å²) >= 11 is 0. The number of hydrogen-bond donors (Lipinski definition) is 1. The van der Waals surface area contributed by atoms with Gasteiger partial charge in [-0.25, -0.2) is 0 Å². The molecule has 1 aromatic heterocycles. The minimum Gasteiger partial charge on any atom is -0.361 e. The van der Waals surface area contributed by atoms with Crippen LogP contribution in [0.2, 0.25) is 0 Å². The number of aryl methyl sites for hydroxylation is 2. The molecule has 0 radical (unpaired) electrons. The van der Waals surface area contributed by atoms with Crippen molar-refractivity contribution in [1.29, 1.82) is 0 Å². The molecule has 0 saturated carbocycles. The van der Waals surface area contributed by atoms with Gasteiger partial charge in [0, 0.05) is 25.2 Å². The number of rotatable bonds is 4. The first-order chi connectivity index (χ1) is 8.90. The molecule has 2 heterocycles. The van der Waals surface area contributed by atoms with E-state index in [9.17, 15) is 8.42 Å². The van der Waals surface area contributed by atoms with Crippen LogP contribution in [0.15, 0.2) is 4.52 Å². The second-order valence-electron chi connectivity index (χ2n) is 5.21. The molecule has 1 N–H and O–H groups in total. The highest BCUT2D eigenvalue weighted by Gasteiger charge is 2.26. The van der Waals surface area contributed by atoms with Crippen molar-refractivity contribution in [3.05, 3.63) is 17.0 Å². The number of nitrogens with zero attached hydrogens (tertiary/aromatic N) is 2. The van der Waals surface area contributed by atoms with Crippen molar-refractivity contribution in [3.63, 3.8) is 0 Å². The highest BCUT2D eigenvalue weighted by atomic mass is 32.2. The maximum Gasteiger partial charge on any atom is 0.279 e. The Labute approximate surface area is 114 Å². The van der Waals surface area contributed by atoms with Crippen LogP contribution >= 0.6 is 0 Å². The van der Waals surface area contributed by atoms with Crippen molar-refractivity contribution < 1.29 is 12.9 Å². The van der Waals surface area contributed by atoms with Crippen LogP contribution in [0, 0.1) is 19.8 Å². The predicted octanol–water partition coefficient (Wildman–Crippen LogP) is 1.36. The molecule has 19 heavy (non-hydrogen) atoms. The maximum absolute atomic E-state index is 12.2. The molecule has 0 unspecified atom stereocenters. The fraction of sp³-hybridized carbons (Fsp3) is 0.750. The monoisotopic (exact) mass is 287 g/mol. The standard InChI is InChI=1S/C12H21N3O3S/c1-9-4-6-15(7-5-9)19(16,17)13-8-12-10(2)14-18-11(12)3/h9,13H,4-8H2,1-3H3. The molecule has 0 amide bonds. The molecule has 0 bridgehead atoms. The second kappa shape index (κ2) is 5.60. The molecule has 1 aliphatic rings. The van der Waals surface area contributed by atoms with Crippen molar-refractivity contribution in [2.75, 3.05) is 13.1 Å². The second-order valence-corrected chi connectivity index (χ2v) is 6.97. The molecule has 0 atom stereocenters. The molecule has 6 nitrogen and oxygen atoms in total. The zero-order valence-electron chi connectivity index (χ0n) is 11.6. The van der Waals surface area contributed by atoms with Gasteiger partial charge in [0.05, 0.1) is 5.69 Å². The number of hydrogen-bond acceptors (Lipinski definition) is 4. The van der Waals surface area contributed by atoms with Gasteiger partial charge in [-0.1, -0.05) is 12.1 Å². The van der Waals surface area contributed by atoms with Gasteiger partial charge in [0.2, 0.25) is 0 Å². The predicted molar refractivity (Wildman–Crippen MR) is 71.7 cm³/mol. The van der Waals surface area contributed by atoms with Crippen molar-refractivity contribution in [1.82, 2.24) is 14.2 Å². The van der Waals surface area contributed by atoms with Gasteiger partial charge in [0.25, 0.3) is 10.2 Å². The van der Waals surface area contributed by atoms with Gasteiger partial charge in [0.15, 0.2) is 0 Å². The Kier molecular flexibility index (Phi) is 4.27. The Morgan fingerprint density at radius 3 is 2.53 bits per heavy atom. The molecule has 1 fully saturated rings. The normalized spacial score (nSPS) is 18.9. The highest BCUT2D eigenvalue weighted by Crippen LogP contribution is 2.18. The minimum absolute atomic E-state index is 0.232. The Morgan fingerprint density at radius 1 is 1.37 bits per heavy atom. The molecule has 7 heteroatoms. The van der Waals surface area contributed by atoms with Crippen molar-refractivity contribution in [3.8, 4) is 0 Å². The summed E-state index contributed by atoms with van der Waals surface area (Å²) < 4.78 is 33.5. The van der Waals surface area contributed by atoms with Crippen LogP contribution < -0.4 is 4.72 Å². The van der Waals surface area contributed by atoms with E-state index in [1.807, 2.05) is 6.92 Å². The van der Waals surface area contributed by atoms with Crippen LogP contribution in [-0.4, -0.2) is 31.0 Å². The first-order valence-electron chi connectivity index (χ1n) is 6.56. The Balaban J connectivity index is 1.98. The van der Waals surface area contributed by atoms with Crippen LogP contribution in [0.25, 0.3) is 0 Å². The van der Waals surface area contributed by atoms with E-state index in [-0.39, 0.29) is 6.54 Å². The summed E-state index contributed by atoms with van der Waals surface area (Å²) in [5.74, 6) is 1.27. The molecule has 1 aromatic rings. The van der Waals surface area contributed by atoms with Gasteiger partial charge < -0.3 is 4.52 Å². The quantitative estimate of drug-likeness (QED) is 0.907. The average Bonchev–Trinajstić information content (AvgIpc) is 2.67. The fourth-order valence-corrected chi connectivity index (χ4v) is 3.44. The van der Waals surface area contributed by atoms with E-state index in [2.05, 4.69) is 16.8 Å². The van der Waals surface area contributed by atoms with Crippen LogP contribution in [-0.2, 0) is 16.8 Å². The third-order valence-electron chi connectivity index (χ3n) is 3.70. The van der Waals surface area contributed by atoms with Crippen LogP contribution in [0.1, 0.15) is 36.8 Å². The zero-order valence-corrected chi connectivity index (χ0v) is 12.5. The van der Waals surface area contributed by atoms with Gasteiger partial charge in [0.1, 0.15) is 5.76 Å². The first kappa shape index (κ1) is 14.5. The summed E-state index contributed by atoms with van der Waals surface area (Å²) in [5, 5.41) is 3.82. The number of piperidine rings is 1. The molecule has 0 aromatic carbocycles. The van der Waals surface area contributed by atoms with Crippen LogP contribution in [0.3, 0.4) is 0 Å². The van der Waals surface area contributed by atoms with Gasteiger partial charge in [-0.3, -0.25) is 0 Å². The van der Waals surface area contributed by atoms with Gasteiger partial charge in [-0.2, -0.15) is 17.4 Å². The molecule has 0 aliphatic carbocycles. The van der Waals surface area contributed by atoms with E-state index in [1.165, 1.54) is 4.31 Å². The summed E-state index contributed by atoms with van der Waals surface area (Å²) in [7, 11) is -3.40. The lowest BCUT2D eigenvalue weighted by molar-refractivity contribution is 0.285. The Morgan fingerprint density at radius 2 is 2.00 bits per heavy atom. The highest BCUT2D eigenvalue weighted by molar-refractivity contribution is 7.87. The van der Waals surface area contributed by atoms with Crippen molar-refractivity contribution in [2.45, 2.75) is 40.2 Å². The average molecular weight is 287 g/mol. The van der Waals surface area contributed by atoms with E-state index >= 15 is 0 Å². The fourth-order valence-electron chi connectivity index (χ4n) is 2.23. The molecule has 108 valence electrons. The zero-order chi connectivity index (χ0) is 14.0. The maximum atomic E-state index is 12.2. The minimum atomic E-state index is -3.40. The molecule has 2 rings (SSSR count). The summed E-state index contributed by atoms with van der Waals surface area (Å²) in [6, 6.07) is 0. The molecular formula is C12H21N3O3S. The van der Waals surface area contributed by atoms with E-state index in [4.69, 9.17) is 4.52 Å². The summed E-state index contributed by atoms with van der Waals surface area (Å²) in [4.78, 5) is 0. The first-order valence-corrected chi connectivity index (χ1v) is 8.00. The van der Waals surface area contributed by atoms with Gasteiger partial charge in [-0.05, 0) is 32.6 Å². The number of nitrogens with one attached hydrogen (secondary N) is 1. The van der Waals surface area contributed by atoms with Crippen LogP contribution in [0.4, 0.5) is 0 Å². The van der Waals surface area contributed by atoms with Crippen molar-refractivity contribution >= 4 is 10.2 Å². The molecular weight excluding hydrogens is 266 g/mol. The van der Waals surface area contributed by atoms with E-state index in [1.54, 1.807) is 6.92 Å². The van der Waals surface area contributed by atoms with E-state index < -0.39 is 10.2 Å². The third-order valence-corrected chi connectivity index (χ3v) is 5.25. The Bertz CT molecular complexity index is 511. The van der Waals surface area contributed by atoms with E-state index in [0.29, 0.717) is 24.8 Å². The van der Waals surface area contributed by atoms with Crippen molar-refractivity contribution in [2.24, 2.45) is 5.92 Å². The summed E-state index contributed by atoms with van der Waals surface area (Å²) in [5.41, 5.74) is 1.54. The topological polar surface area (TPSA) is 75.4 Å². The van der Waals surface area contributed by atoms with Gasteiger partial charge >= 0.3 is 0 Å². The SMILES string of the molecule is Cc1noc(C)c1CNS(=O)(=O)N1CCC(C)CC1. The largest absolute Gasteiger partial charge is 0.361 e. The smallest absolute Gasteiger partial charge is 0.279 e. The molecule has 1 aliphatic heterocycles. The van der Waals surface area contributed by atoms with Crippen LogP contribution in [0.5, 0.6) is 0 Å². The molecule has 0 spiro atoms. The number of aromatic nitrogens is 1. The third kappa shape index (κ3) is 3.34. The summed E-state index contributed by atoms with van der Waals surface area (Å²) in [6.45, 7) is 7.17. The summed E-state index contributed by atoms with van der Waals surface area (Å²) in [6.07, 6.45) is 1.85. The Hall–Kier alpha value is -0.920.